The average molecular weight is 285 g/mol. The van der Waals surface area contributed by atoms with Crippen LogP contribution in [0.3, 0.4) is 0 Å². The second-order valence-corrected chi connectivity index (χ2v) is 6.09. The summed E-state index contributed by atoms with van der Waals surface area (Å²) < 4.78 is 5.44. The fourth-order valence-corrected chi connectivity index (χ4v) is 2.20. The topological polar surface area (TPSA) is 59.9 Å². The molecule has 1 aromatic rings. The molecule has 0 aliphatic heterocycles. The summed E-state index contributed by atoms with van der Waals surface area (Å²) in [6.45, 7) is 9.21. The van der Waals surface area contributed by atoms with E-state index in [0.717, 1.165) is 6.54 Å². The van der Waals surface area contributed by atoms with Gasteiger partial charge in [-0.25, -0.2) is 0 Å². The number of hydrogen-bond acceptors (Lipinski definition) is 5. The first kappa shape index (κ1) is 14.3. The Morgan fingerprint density at radius 3 is 2.42 bits per heavy atom. The van der Waals surface area contributed by atoms with E-state index in [0.29, 0.717) is 17.3 Å². The lowest BCUT2D eigenvalue weighted by molar-refractivity contribution is 0.222. The van der Waals surface area contributed by atoms with E-state index >= 15 is 0 Å². The molecular formula is C13H21ClN4O. The van der Waals surface area contributed by atoms with Crippen molar-refractivity contribution in [2.75, 3.05) is 11.9 Å². The van der Waals surface area contributed by atoms with Crippen LogP contribution in [0.5, 0.6) is 6.01 Å². The Morgan fingerprint density at radius 2 is 1.89 bits per heavy atom. The van der Waals surface area contributed by atoms with Gasteiger partial charge in [-0.2, -0.15) is 15.0 Å². The number of ether oxygens (including phenoxy) is 1. The zero-order chi connectivity index (χ0) is 14.0. The lowest BCUT2D eigenvalue weighted by Gasteiger charge is -2.20. The molecule has 106 valence electrons. The van der Waals surface area contributed by atoms with Gasteiger partial charge in [-0.1, -0.05) is 13.8 Å². The van der Waals surface area contributed by atoms with E-state index in [2.05, 4.69) is 34.1 Å². The van der Waals surface area contributed by atoms with Crippen LogP contribution in [-0.2, 0) is 0 Å². The maximum Gasteiger partial charge on any atom is 0.322 e. The molecule has 0 radical (unpaired) electrons. The van der Waals surface area contributed by atoms with Crippen LogP contribution in [-0.4, -0.2) is 27.6 Å². The lowest BCUT2D eigenvalue weighted by Crippen LogP contribution is -2.22. The monoisotopic (exact) mass is 284 g/mol. The van der Waals surface area contributed by atoms with E-state index in [1.165, 1.54) is 12.8 Å². The summed E-state index contributed by atoms with van der Waals surface area (Å²) in [6.07, 6.45) is 2.52. The Labute approximate surface area is 119 Å². The normalized spacial score (nSPS) is 16.8. The van der Waals surface area contributed by atoms with Gasteiger partial charge in [0.25, 0.3) is 0 Å². The second-order valence-electron chi connectivity index (χ2n) is 5.75. The Morgan fingerprint density at radius 1 is 1.21 bits per heavy atom. The van der Waals surface area contributed by atoms with Crippen molar-refractivity contribution in [2.45, 2.75) is 46.6 Å². The van der Waals surface area contributed by atoms with Crippen molar-refractivity contribution in [2.24, 2.45) is 11.3 Å². The van der Waals surface area contributed by atoms with Crippen LogP contribution in [0, 0.1) is 11.3 Å². The Kier molecular flexibility index (Phi) is 4.13. The van der Waals surface area contributed by atoms with Crippen LogP contribution in [0.1, 0.15) is 40.5 Å². The van der Waals surface area contributed by atoms with Gasteiger partial charge in [0.05, 0.1) is 6.10 Å². The van der Waals surface area contributed by atoms with Gasteiger partial charge >= 0.3 is 6.01 Å². The van der Waals surface area contributed by atoms with Crippen LogP contribution < -0.4 is 10.1 Å². The summed E-state index contributed by atoms with van der Waals surface area (Å²) in [7, 11) is 0. The van der Waals surface area contributed by atoms with Gasteiger partial charge in [-0.3, -0.25) is 0 Å². The molecule has 0 unspecified atom stereocenters. The van der Waals surface area contributed by atoms with E-state index in [4.69, 9.17) is 16.3 Å². The first-order chi connectivity index (χ1) is 8.91. The van der Waals surface area contributed by atoms with Crippen LogP contribution in [0.15, 0.2) is 0 Å². The quantitative estimate of drug-likeness (QED) is 0.869. The minimum atomic E-state index is 0.0109. The minimum absolute atomic E-state index is 0.0109. The van der Waals surface area contributed by atoms with Gasteiger partial charge in [0.1, 0.15) is 0 Å². The molecule has 1 heterocycles. The van der Waals surface area contributed by atoms with Crippen LogP contribution >= 0.6 is 11.6 Å². The summed E-state index contributed by atoms with van der Waals surface area (Å²) in [5.41, 5.74) is 0.387. The van der Waals surface area contributed by atoms with Gasteiger partial charge in [0, 0.05) is 6.54 Å². The number of anilines is 1. The molecule has 1 fully saturated rings. The summed E-state index contributed by atoms with van der Waals surface area (Å²) in [6, 6.07) is 0.270. The van der Waals surface area contributed by atoms with Crippen molar-refractivity contribution in [3.63, 3.8) is 0 Å². The molecule has 1 aromatic heterocycles. The molecule has 6 heteroatoms. The van der Waals surface area contributed by atoms with Gasteiger partial charge in [-0.15, -0.1) is 0 Å². The van der Waals surface area contributed by atoms with Crippen molar-refractivity contribution in [1.82, 2.24) is 15.0 Å². The lowest BCUT2D eigenvalue weighted by atomic mass is 9.92. The highest BCUT2D eigenvalue weighted by molar-refractivity contribution is 6.28. The van der Waals surface area contributed by atoms with Crippen molar-refractivity contribution >= 4 is 17.5 Å². The predicted octanol–water partition coefficient (Wildman–Crippen LogP) is 3.16. The number of rotatable bonds is 6. The summed E-state index contributed by atoms with van der Waals surface area (Å²) in [5, 5.41) is 3.41. The number of nitrogens with one attached hydrogen (secondary N) is 1. The van der Waals surface area contributed by atoms with Gasteiger partial charge in [0.15, 0.2) is 0 Å². The smallest absolute Gasteiger partial charge is 0.322 e. The molecule has 2 rings (SSSR count). The standard InChI is InChI=1S/C13H21ClN4O/c1-8(2)13(5-6-13)7-15-11-16-10(14)17-12(18-11)19-9(3)4/h8-9H,5-7H2,1-4H3,(H,15,16,17,18). The molecule has 1 saturated carbocycles. The number of aromatic nitrogens is 3. The molecular weight excluding hydrogens is 264 g/mol. The molecule has 0 saturated heterocycles. The third kappa shape index (κ3) is 3.69. The van der Waals surface area contributed by atoms with Crippen molar-refractivity contribution in [3.8, 4) is 6.01 Å². The van der Waals surface area contributed by atoms with E-state index in [9.17, 15) is 0 Å². The highest BCUT2D eigenvalue weighted by Gasteiger charge is 2.45. The fraction of sp³-hybridized carbons (Fsp3) is 0.769. The molecule has 1 N–H and O–H groups in total. The average Bonchev–Trinajstić information content (AvgIpc) is 3.05. The number of nitrogens with zero attached hydrogens (tertiary/aromatic N) is 3. The highest BCUT2D eigenvalue weighted by Crippen LogP contribution is 2.51. The molecule has 0 spiro atoms. The molecule has 1 aliphatic rings. The van der Waals surface area contributed by atoms with Gasteiger partial charge in [0.2, 0.25) is 11.2 Å². The molecule has 5 nitrogen and oxygen atoms in total. The summed E-state index contributed by atoms with van der Waals surface area (Å²) >= 11 is 5.88. The van der Waals surface area contributed by atoms with E-state index in [-0.39, 0.29) is 17.4 Å². The maximum absolute atomic E-state index is 5.88. The van der Waals surface area contributed by atoms with Crippen LogP contribution in [0.25, 0.3) is 0 Å². The predicted molar refractivity (Wildman–Crippen MR) is 75.6 cm³/mol. The second kappa shape index (κ2) is 5.49. The minimum Gasteiger partial charge on any atom is -0.461 e. The Bertz CT molecular complexity index is 446. The Hall–Kier alpha value is -1.10. The van der Waals surface area contributed by atoms with E-state index < -0.39 is 0 Å². The molecule has 0 aromatic carbocycles. The zero-order valence-electron chi connectivity index (χ0n) is 11.9. The third-order valence-electron chi connectivity index (χ3n) is 3.64. The molecule has 0 amide bonds. The number of halogens is 1. The fourth-order valence-electron chi connectivity index (χ4n) is 2.05. The largest absolute Gasteiger partial charge is 0.461 e. The first-order valence-corrected chi connectivity index (χ1v) is 7.11. The Balaban J connectivity index is 2.02. The summed E-state index contributed by atoms with van der Waals surface area (Å²) in [5.74, 6) is 1.14. The first-order valence-electron chi connectivity index (χ1n) is 6.73. The van der Waals surface area contributed by atoms with E-state index in [1.807, 2.05) is 13.8 Å². The van der Waals surface area contributed by atoms with Gasteiger partial charge < -0.3 is 10.1 Å². The van der Waals surface area contributed by atoms with Crippen molar-refractivity contribution in [1.29, 1.82) is 0 Å². The highest BCUT2D eigenvalue weighted by atomic mass is 35.5. The van der Waals surface area contributed by atoms with Crippen molar-refractivity contribution in [3.05, 3.63) is 5.28 Å². The molecule has 19 heavy (non-hydrogen) atoms. The molecule has 1 aliphatic carbocycles. The maximum atomic E-state index is 5.88. The third-order valence-corrected chi connectivity index (χ3v) is 3.81. The SMILES string of the molecule is CC(C)Oc1nc(Cl)nc(NCC2(C(C)C)CC2)n1. The van der Waals surface area contributed by atoms with Crippen molar-refractivity contribution < 1.29 is 4.74 Å². The zero-order valence-corrected chi connectivity index (χ0v) is 12.7. The molecule has 0 atom stereocenters. The van der Waals surface area contributed by atoms with Gasteiger partial charge in [-0.05, 0) is 49.6 Å². The van der Waals surface area contributed by atoms with Crippen LogP contribution in [0.4, 0.5) is 5.95 Å². The molecule has 0 bridgehead atoms. The van der Waals surface area contributed by atoms with Crippen LogP contribution in [0.2, 0.25) is 5.28 Å². The number of hydrogen-bond donors (Lipinski definition) is 1. The summed E-state index contributed by atoms with van der Waals surface area (Å²) in [4.78, 5) is 12.3. The van der Waals surface area contributed by atoms with E-state index in [1.54, 1.807) is 0 Å².